The Morgan fingerprint density at radius 3 is 2.13 bits per heavy atom. The lowest BCUT2D eigenvalue weighted by atomic mass is 10.1. The van der Waals surface area contributed by atoms with E-state index >= 15 is 0 Å². The number of carbonyl (C=O) groups is 2. The van der Waals surface area contributed by atoms with E-state index in [0.29, 0.717) is 23.7 Å². The molecule has 0 saturated carbocycles. The molecule has 10 heteroatoms. The number of nitrogens with zero attached hydrogens (tertiary/aromatic N) is 2. The van der Waals surface area contributed by atoms with Gasteiger partial charge in [-0.3, -0.25) is 13.9 Å². The number of carbonyl (C=O) groups excluding carboxylic acids is 2. The van der Waals surface area contributed by atoms with E-state index in [2.05, 4.69) is 21.2 Å². The van der Waals surface area contributed by atoms with Crippen molar-refractivity contribution >= 4 is 55.1 Å². The molecule has 1 N–H and O–H groups in total. The number of halogens is 2. The molecule has 0 fully saturated rings. The summed E-state index contributed by atoms with van der Waals surface area (Å²) in [5.41, 5.74) is 2.02. The summed E-state index contributed by atoms with van der Waals surface area (Å²) in [4.78, 5) is 28.6. The maximum absolute atomic E-state index is 14.0. The van der Waals surface area contributed by atoms with Crippen molar-refractivity contribution < 1.29 is 18.0 Å². The molecule has 0 radical (unpaired) electrons. The number of amides is 2. The van der Waals surface area contributed by atoms with Crippen molar-refractivity contribution in [3.63, 3.8) is 0 Å². The van der Waals surface area contributed by atoms with Gasteiger partial charge in [0.2, 0.25) is 11.8 Å². The lowest BCUT2D eigenvalue weighted by molar-refractivity contribution is -0.140. The molecule has 0 saturated heterocycles. The van der Waals surface area contributed by atoms with Crippen LogP contribution in [0, 0.1) is 6.92 Å². The zero-order chi connectivity index (χ0) is 28.6. The van der Waals surface area contributed by atoms with Crippen LogP contribution in [0.25, 0.3) is 0 Å². The fourth-order valence-electron chi connectivity index (χ4n) is 4.05. The van der Waals surface area contributed by atoms with Gasteiger partial charge in [-0.2, -0.15) is 0 Å². The van der Waals surface area contributed by atoms with Gasteiger partial charge in [0.25, 0.3) is 10.0 Å². The molecule has 0 heterocycles. The third kappa shape index (κ3) is 8.06. The van der Waals surface area contributed by atoms with Crippen LogP contribution in [0.1, 0.15) is 37.8 Å². The number of sulfonamides is 1. The number of hydrogen-bond donors (Lipinski definition) is 1. The van der Waals surface area contributed by atoms with Crippen molar-refractivity contribution in [3.8, 4) is 0 Å². The molecule has 0 aliphatic rings. The Morgan fingerprint density at radius 1 is 0.949 bits per heavy atom. The van der Waals surface area contributed by atoms with Gasteiger partial charge >= 0.3 is 0 Å². The van der Waals surface area contributed by atoms with Crippen molar-refractivity contribution in [1.29, 1.82) is 0 Å². The van der Waals surface area contributed by atoms with Gasteiger partial charge in [0, 0.05) is 22.6 Å². The van der Waals surface area contributed by atoms with Crippen LogP contribution in [-0.2, 0) is 26.2 Å². The monoisotopic (exact) mass is 633 g/mol. The van der Waals surface area contributed by atoms with E-state index in [1.807, 2.05) is 20.8 Å². The summed E-state index contributed by atoms with van der Waals surface area (Å²) in [6.45, 7) is 5.76. The molecule has 208 valence electrons. The molecule has 7 nitrogen and oxygen atoms in total. The zero-order valence-electron chi connectivity index (χ0n) is 22.2. The molecule has 3 rings (SSSR count). The predicted octanol–water partition coefficient (Wildman–Crippen LogP) is 5.94. The molecule has 0 bridgehead atoms. The molecular weight excluding hydrogens is 602 g/mol. The first-order valence-corrected chi connectivity index (χ1v) is 15.3. The predicted molar refractivity (Wildman–Crippen MR) is 159 cm³/mol. The highest BCUT2D eigenvalue weighted by Crippen LogP contribution is 2.26. The van der Waals surface area contributed by atoms with Crippen LogP contribution in [0.5, 0.6) is 0 Å². The maximum atomic E-state index is 14.0. The summed E-state index contributed by atoms with van der Waals surface area (Å²) in [5.74, 6) is -0.777. The highest BCUT2D eigenvalue weighted by Gasteiger charge is 2.33. The summed E-state index contributed by atoms with van der Waals surface area (Å²) in [6.07, 6.45) is 1.11. The Bertz CT molecular complexity index is 1370. The second kappa shape index (κ2) is 14.0. The molecule has 3 aromatic rings. The average molecular weight is 635 g/mol. The molecule has 0 aromatic heterocycles. The van der Waals surface area contributed by atoms with Gasteiger partial charge in [-0.05, 0) is 73.9 Å². The Balaban J connectivity index is 2.03. The van der Waals surface area contributed by atoms with E-state index in [0.717, 1.165) is 26.3 Å². The van der Waals surface area contributed by atoms with Gasteiger partial charge < -0.3 is 10.2 Å². The number of benzene rings is 3. The van der Waals surface area contributed by atoms with Gasteiger partial charge in [-0.1, -0.05) is 71.2 Å². The number of aryl methyl sites for hydroxylation is 1. The average Bonchev–Trinajstić information content (AvgIpc) is 2.92. The third-order valence-electron chi connectivity index (χ3n) is 6.20. The quantitative estimate of drug-likeness (QED) is 0.267. The lowest BCUT2D eigenvalue weighted by Crippen LogP contribution is -2.52. The summed E-state index contributed by atoms with van der Waals surface area (Å²) >= 11 is 9.43. The van der Waals surface area contributed by atoms with E-state index in [1.54, 1.807) is 60.7 Å². The topological polar surface area (TPSA) is 86.8 Å². The van der Waals surface area contributed by atoms with Gasteiger partial charge in [-0.15, -0.1) is 0 Å². The normalized spacial score (nSPS) is 12.0. The van der Waals surface area contributed by atoms with Gasteiger partial charge in [0.05, 0.1) is 10.6 Å². The fourth-order valence-corrected chi connectivity index (χ4v) is 5.85. The molecule has 0 unspecified atom stereocenters. The Labute approximate surface area is 244 Å². The minimum atomic E-state index is -4.11. The van der Waals surface area contributed by atoms with Crippen LogP contribution in [0.3, 0.4) is 0 Å². The fraction of sp³-hybridized carbons (Fsp3) is 0.310. The number of rotatable bonds is 12. The summed E-state index contributed by atoms with van der Waals surface area (Å²) in [5, 5.41) is 3.43. The summed E-state index contributed by atoms with van der Waals surface area (Å²) in [6, 6.07) is 19.4. The molecule has 3 aromatic carbocycles. The molecule has 0 aliphatic heterocycles. The first kappa shape index (κ1) is 30.7. The van der Waals surface area contributed by atoms with E-state index < -0.39 is 28.5 Å². The Kier molecular flexibility index (Phi) is 11.0. The number of hydrogen-bond acceptors (Lipinski definition) is 4. The second-order valence-electron chi connectivity index (χ2n) is 9.16. The minimum Gasteiger partial charge on any atom is -0.354 e. The highest BCUT2D eigenvalue weighted by molar-refractivity contribution is 9.10. The second-order valence-corrected chi connectivity index (χ2v) is 12.4. The number of anilines is 1. The van der Waals surface area contributed by atoms with Crippen LogP contribution in [0.4, 0.5) is 5.69 Å². The zero-order valence-corrected chi connectivity index (χ0v) is 25.4. The first-order valence-electron chi connectivity index (χ1n) is 12.7. The van der Waals surface area contributed by atoms with Crippen LogP contribution in [-0.4, -0.2) is 44.3 Å². The first-order chi connectivity index (χ1) is 18.6. The van der Waals surface area contributed by atoms with Crippen molar-refractivity contribution in [1.82, 2.24) is 10.2 Å². The Morgan fingerprint density at radius 2 is 1.56 bits per heavy atom. The van der Waals surface area contributed by atoms with E-state index in [9.17, 15) is 18.0 Å². The van der Waals surface area contributed by atoms with Crippen molar-refractivity contribution in [2.75, 3.05) is 17.4 Å². The highest BCUT2D eigenvalue weighted by atomic mass is 79.9. The SMILES string of the molecule is CCCNC(=O)[C@H](CC)N(Cc1ccc(Cl)cc1)C(=O)CN(c1ccc(Br)cc1)S(=O)(=O)c1ccc(C)cc1. The van der Waals surface area contributed by atoms with Crippen molar-refractivity contribution in [2.45, 2.75) is 51.1 Å². The third-order valence-corrected chi connectivity index (χ3v) is 8.77. The lowest BCUT2D eigenvalue weighted by Gasteiger charge is -2.33. The molecule has 0 spiro atoms. The van der Waals surface area contributed by atoms with Gasteiger partial charge in [-0.25, -0.2) is 8.42 Å². The van der Waals surface area contributed by atoms with E-state index in [1.165, 1.54) is 17.0 Å². The molecular formula is C29H33BrClN3O4S. The van der Waals surface area contributed by atoms with Crippen LogP contribution in [0.15, 0.2) is 82.2 Å². The smallest absolute Gasteiger partial charge is 0.264 e. The van der Waals surface area contributed by atoms with Gasteiger partial charge in [0.15, 0.2) is 0 Å². The maximum Gasteiger partial charge on any atom is 0.264 e. The van der Waals surface area contributed by atoms with E-state index in [4.69, 9.17) is 11.6 Å². The van der Waals surface area contributed by atoms with Crippen LogP contribution in [0.2, 0.25) is 5.02 Å². The van der Waals surface area contributed by atoms with E-state index in [-0.39, 0.29) is 17.3 Å². The summed E-state index contributed by atoms with van der Waals surface area (Å²) < 4.78 is 29.6. The molecule has 1 atom stereocenters. The Hall–Kier alpha value is -2.88. The van der Waals surface area contributed by atoms with Crippen LogP contribution >= 0.6 is 27.5 Å². The van der Waals surface area contributed by atoms with Gasteiger partial charge in [0.1, 0.15) is 12.6 Å². The number of nitrogens with one attached hydrogen (secondary N) is 1. The summed E-state index contributed by atoms with van der Waals surface area (Å²) in [7, 11) is -4.11. The molecule has 39 heavy (non-hydrogen) atoms. The van der Waals surface area contributed by atoms with Crippen molar-refractivity contribution in [2.24, 2.45) is 0 Å². The largest absolute Gasteiger partial charge is 0.354 e. The molecule has 2 amide bonds. The van der Waals surface area contributed by atoms with Crippen molar-refractivity contribution in [3.05, 3.63) is 93.4 Å². The molecule has 0 aliphatic carbocycles. The standard InChI is InChI=1S/C29H33BrClN3O4S/c1-4-18-32-29(36)27(5-2)33(19-22-8-12-24(31)13-9-22)28(35)20-34(25-14-10-23(30)11-15-25)39(37,38)26-16-6-21(3)7-17-26/h6-17,27H,4-5,18-20H2,1-3H3,(H,32,36)/t27-/m0/s1. The minimum absolute atomic E-state index is 0.0702. The van der Waals surface area contributed by atoms with Crippen LogP contribution < -0.4 is 9.62 Å².